The van der Waals surface area contributed by atoms with Crippen molar-refractivity contribution in [1.82, 2.24) is 15.0 Å². The van der Waals surface area contributed by atoms with E-state index < -0.39 is 0 Å². The first-order valence-corrected chi connectivity index (χ1v) is 14.2. The van der Waals surface area contributed by atoms with Crippen LogP contribution in [-0.2, 0) is 17.6 Å². The summed E-state index contributed by atoms with van der Waals surface area (Å²) in [5.74, 6) is -0.155. The molecule has 4 aromatic rings. The van der Waals surface area contributed by atoms with Crippen LogP contribution < -0.4 is 11.0 Å². The van der Waals surface area contributed by atoms with E-state index in [2.05, 4.69) is 26.5 Å². The summed E-state index contributed by atoms with van der Waals surface area (Å²) < 4.78 is 2.56. The van der Waals surface area contributed by atoms with Crippen molar-refractivity contribution in [2.45, 2.75) is 37.8 Å². The van der Waals surface area contributed by atoms with Gasteiger partial charge in [0.2, 0.25) is 0 Å². The van der Waals surface area contributed by atoms with Crippen LogP contribution in [0.5, 0.6) is 0 Å². The molecule has 0 radical (unpaired) electrons. The van der Waals surface area contributed by atoms with Gasteiger partial charge in [0.25, 0.3) is 11.5 Å². The van der Waals surface area contributed by atoms with Crippen molar-refractivity contribution in [1.29, 1.82) is 0 Å². The number of benzene rings is 1. The predicted octanol–water partition coefficient (Wildman–Crippen LogP) is 5.70. The summed E-state index contributed by atoms with van der Waals surface area (Å²) in [6.07, 6.45) is 5.80. The fourth-order valence-corrected chi connectivity index (χ4v) is 7.08. The lowest BCUT2D eigenvalue weighted by Gasteiger charge is -2.13. The molecule has 1 aromatic carbocycles. The number of hydrazone groups is 1. The van der Waals surface area contributed by atoms with Crippen molar-refractivity contribution in [3.8, 4) is 5.69 Å². The predicted molar refractivity (Wildman–Crippen MR) is 145 cm³/mol. The molecule has 1 amide bonds. The van der Waals surface area contributed by atoms with Gasteiger partial charge >= 0.3 is 0 Å². The third-order valence-electron chi connectivity index (χ3n) is 5.52. The molecule has 3 heterocycles. The summed E-state index contributed by atoms with van der Waals surface area (Å²) in [4.78, 5) is 35.2. The number of fused-ring (bicyclic) bond motifs is 3. The second-order valence-corrected chi connectivity index (χ2v) is 12.2. The average molecular weight is 574 g/mol. The summed E-state index contributed by atoms with van der Waals surface area (Å²) in [5.41, 5.74) is 4.38. The van der Waals surface area contributed by atoms with E-state index in [-0.39, 0.29) is 17.2 Å². The summed E-state index contributed by atoms with van der Waals surface area (Å²) in [6.45, 7) is 2.02. The highest BCUT2D eigenvalue weighted by Crippen LogP contribution is 2.35. The molecule has 3 aromatic heterocycles. The van der Waals surface area contributed by atoms with Crippen molar-refractivity contribution in [2.75, 3.05) is 5.75 Å². The lowest BCUT2D eigenvalue weighted by molar-refractivity contribution is -0.118. The topological polar surface area (TPSA) is 76.3 Å². The van der Waals surface area contributed by atoms with Crippen LogP contribution in [0.3, 0.4) is 0 Å². The van der Waals surface area contributed by atoms with Gasteiger partial charge in [-0.05, 0) is 74.6 Å². The molecule has 6 nitrogen and oxygen atoms in total. The summed E-state index contributed by atoms with van der Waals surface area (Å²) in [6, 6.07) is 11.5. The molecule has 0 unspecified atom stereocenters. The van der Waals surface area contributed by atoms with Crippen LogP contribution in [0, 0.1) is 6.92 Å². The Morgan fingerprint density at radius 2 is 2.00 bits per heavy atom. The minimum Gasteiger partial charge on any atom is -0.272 e. The van der Waals surface area contributed by atoms with Gasteiger partial charge in [-0.1, -0.05) is 27.7 Å². The Kier molecular flexibility index (Phi) is 7.01. The number of thioether (sulfide) groups is 1. The summed E-state index contributed by atoms with van der Waals surface area (Å²) >= 11 is 7.92. The van der Waals surface area contributed by atoms with Crippen LogP contribution >= 0.6 is 50.4 Å². The van der Waals surface area contributed by atoms with Gasteiger partial charge in [-0.2, -0.15) is 5.10 Å². The van der Waals surface area contributed by atoms with E-state index >= 15 is 0 Å². The van der Waals surface area contributed by atoms with E-state index in [0.29, 0.717) is 5.16 Å². The standard InChI is InChI=1S/C24H21BrN4O2S3/c1-14-6-11-17(33-14)12-26-28-20(30)13-32-24-27-22-21(18-4-2-3-5-19(18)34-22)23(31)29(24)16-9-7-15(25)8-10-16/h6-12H,2-5,13H2,1H3,(H,28,30). The van der Waals surface area contributed by atoms with E-state index in [1.165, 1.54) is 21.5 Å². The normalized spacial score (nSPS) is 13.5. The Morgan fingerprint density at radius 1 is 1.21 bits per heavy atom. The third-order valence-corrected chi connectivity index (χ3v) is 9.11. The quantitative estimate of drug-likeness (QED) is 0.139. The van der Waals surface area contributed by atoms with Gasteiger partial charge in [-0.15, -0.1) is 22.7 Å². The molecule has 0 aliphatic heterocycles. The van der Waals surface area contributed by atoms with Gasteiger partial charge in [0, 0.05) is 19.1 Å². The van der Waals surface area contributed by atoms with Gasteiger partial charge in [-0.25, -0.2) is 10.4 Å². The molecule has 1 N–H and O–H groups in total. The molecule has 0 saturated heterocycles. The Hall–Kier alpha value is -2.27. The second-order valence-electron chi connectivity index (χ2n) is 7.93. The molecule has 1 aliphatic rings. The van der Waals surface area contributed by atoms with E-state index in [4.69, 9.17) is 4.98 Å². The zero-order valence-electron chi connectivity index (χ0n) is 18.3. The van der Waals surface area contributed by atoms with Gasteiger partial charge in [0.05, 0.1) is 23.0 Å². The lowest BCUT2D eigenvalue weighted by atomic mass is 9.97. The van der Waals surface area contributed by atoms with Crippen LogP contribution in [0.25, 0.3) is 15.9 Å². The van der Waals surface area contributed by atoms with Crippen molar-refractivity contribution in [3.63, 3.8) is 0 Å². The Balaban J connectivity index is 1.45. The number of thiophene rings is 2. The number of aryl methyl sites for hydroxylation is 3. The number of aromatic nitrogens is 2. The number of carbonyl (C=O) groups excluding carboxylic acids is 1. The zero-order valence-corrected chi connectivity index (χ0v) is 22.4. The first-order valence-electron chi connectivity index (χ1n) is 10.8. The van der Waals surface area contributed by atoms with Crippen molar-refractivity contribution >= 4 is 72.7 Å². The highest BCUT2D eigenvalue weighted by Gasteiger charge is 2.23. The number of halogens is 1. The van der Waals surface area contributed by atoms with Crippen LogP contribution in [0.15, 0.2) is 55.9 Å². The molecule has 0 saturated carbocycles. The Morgan fingerprint density at radius 3 is 2.76 bits per heavy atom. The lowest BCUT2D eigenvalue weighted by Crippen LogP contribution is -2.24. The number of hydrogen-bond donors (Lipinski definition) is 1. The molecule has 174 valence electrons. The van der Waals surface area contributed by atoms with Gasteiger partial charge in [0.15, 0.2) is 5.16 Å². The molecule has 0 fully saturated rings. The minimum atomic E-state index is -0.253. The number of hydrogen-bond acceptors (Lipinski definition) is 7. The fraction of sp³-hybridized carbons (Fsp3) is 0.250. The van der Waals surface area contributed by atoms with E-state index in [1.807, 2.05) is 43.3 Å². The number of amides is 1. The second kappa shape index (κ2) is 10.2. The van der Waals surface area contributed by atoms with E-state index in [0.717, 1.165) is 56.5 Å². The maximum absolute atomic E-state index is 13.7. The fourth-order valence-electron chi connectivity index (χ4n) is 3.95. The molecule has 1 aliphatic carbocycles. The summed E-state index contributed by atoms with van der Waals surface area (Å²) in [7, 11) is 0. The molecular formula is C24H21BrN4O2S3. The highest BCUT2D eigenvalue weighted by atomic mass is 79.9. The molecule has 10 heteroatoms. The Labute approximate surface area is 217 Å². The largest absolute Gasteiger partial charge is 0.272 e. The number of nitrogens with one attached hydrogen (secondary N) is 1. The van der Waals surface area contributed by atoms with E-state index in [9.17, 15) is 9.59 Å². The van der Waals surface area contributed by atoms with Crippen LogP contribution in [0.2, 0.25) is 0 Å². The number of rotatable bonds is 6. The van der Waals surface area contributed by atoms with Gasteiger partial charge < -0.3 is 0 Å². The number of nitrogens with zero attached hydrogens (tertiary/aromatic N) is 3. The van der Waals surface area contributed by atoms with Gasteiger partial charge in [-0.3, -0.25) is 14.2 Å². The average Bonchev–Trinajstić information content (AvgIpc) is 3.41. The van der Waals surface area contributed by atoms with Gasteiger partial charge in [0.1, 0.15) is 4.83 Å². The molecule has 34 heavy (non-hydrogen) atoms. The molecular weight excluding hydrogens is 552 g/mol. The molecule has 5 rings (SSSR count). The Bertz CT molecular complexity index is 1450. The minimum absolute atomic E-state index is 0.0688. The maximum Gasteiger partial charge on any atom is 0.267 e. The zero-order chi connectivity index (χ0) is 23.7. The smallest absolute Gasteiger partial charge is 0.267 e. The van der Waals surface area contributed by atoms with Crippen molar-refractivity contribution in [2.24, 2.45) is 5.10 Å². The SMILES string of the molecule is Cc1ccc(C=NNC(=O)CSc2nc3sc4c(c3c(=O)n2-c2ccc(Br)cc2)CCCC4)s1. The molecule has 0 atom stereocenters. The molecule has 0 spiro atoms. The summed E-state index contributed by atoms with van der Waals surface area (Å²) in [5, 5.41) is 5.28. The van der Waals surface area contributed by atoms with Crippen LogP contribution in [-0.4, -0.2) is 27.4 Å². The third kappa shape index (κ3) is 4.91. The molecule has 0 bridgehead atoms. The van der Waals surface area contributed by atoms with Crippen molar-refractivity contribution < 1.29 is 4.79 Å². The van der Waals surface area contributed by atoms with Crippen LogP contribution in [0.4, 0.5) is 0 Å². The maximum atomic E-state index is 13.7. The van der Waals surface area contributed by atoms with E-state index in [1.54, 1.807) is 33.5 Å². The first-order chi connectivity index (χ1) is 16.5. The highest BCUT2D eigenvalue weighted by molar-refractivity contribution is 9.10. The van der Waals surface area contributed by atoms with Crippen LogP contribution in [0.1, 0.15) is 33.0 Å². The first kappa shape index (κ1) is 23.5. The number of carbonyl (C=O) groups is 1. The monoisotopic (exact) mass is 572 g/mol. The van der Waals surface area contributed by atoms with Crippen molar-refractivity contribution in [3.05, 3.63) is 71.4 Å².